The fourth-order valence-corrected chi connectivity index (χ4v) is 3.27. The molecule has 2 atom stereocenters. The van der Waals surface area contributed by atoms with Gasteiger partial charge in [0, 0.05) is 5.56 Å². The number of rotatable bonds is 3. The van der Waals surface area contributed by atoms with Crippen LogP contribution < -0.4 is 4.90 Å². The summed E-state index contributed by atoms with van der Waals surface area (Å²) in [7, 11) is 0. The Balaban J connectivity index is 1.73. The van der Waals surface area contributed by atoms with Gasteiger partial charge in [-0.3, -0.25) is 14.4 Å². The quantitative estimate of drug-likeness (QED) is 0.496. The Bertz CT molecular complexity index is 784. The summed E-state index contributed by atoms with van der Waals surface area (Å²) < 4.78 is 0. The van der Waals surface area contributed by atoms with E-state index in [1.54, 1.807) is 48.5 Å². The van der Waals surface area contributed by atoms with Crippen LogP contribution in [0.1, 0.15) is 16.8 Å². The molecule has 4 heteroatoms. The number of carbonyl (C=O) groups excluding carboxylic acids is 3. The fraction of sp³-hybridized carbons (Fsp3) is 0.167. The van der Waals surface area contributed by atoms with E-state index in [2.05, 4.69) is 0 Å². The van der Waals surface area contributed by atoms with Gasteiger partial charge >= 0.3 is 0 Å². The zero-order valence-electron chi connectivity index (χ0n) is 11.7. The van der Waals surface area contributed by atoms with E-state index >= 15 is 0 Å². The molecule has 4 rings (SSSR count). The number of anilines is 1. The lowest BCUT2D eigenvalue weighted by atomic mass is 9.93. The third-order valence-electron chi connectivity index (χ3n) is 4.52. The number of para-hydroxylation sites is 1. The van der Waals surface area contributed by atoms with Crippen LogP contribution in [-0.4, -0.2) is 17.6 Å². The standard InChI is InChI=1S/C18H13NO3/c20-15(12-7-3-1-4-8-12)18-11-14(18)16(21)19(17(18)22)13-9-5-2-6-10-13/h1-10,14H,11H2. The molecular weight excluding hydrogens is 278 g/mol. The van der Waals surface area contributed by atoms with Crippen molar-refractivity contribution in [1.82, 2.24) is 0 Å². The molecule has 0 N–H and O–H groups in total. The van der Waals surface area contributed by atoms with Crippen LogP contribution in [0.15, 0.2) is 60.7 Å². The first kappa shape index (κ1) is 13.0. The van der Waals surface area contributed by atoms with Crippen molar-refractivity contribution in [3.8, 4) is 0 Å². The number of benzene rings is 2. The number of Topliss-reactive ketones (excluding diaryl/α,β-unsaturated/α-hetero) is 1. The number of piperidine rings is 1. The first-order valence-electron chi connectivity index (χ1n) is 7.19. The van der Waals surface area contributed by atoms with Crippen LogP contribution in [0.25, 0.3) is 0 Å². The van der Waals surface area contributed by atoms with Crippen molar-refractivity contribution in [3.05, 3.63) is 66.2 Å². The molecule has 2 aliphatic rings. The predicted octanol–water partition coefficient (Wildman–Crippen LogP) is 2.45. The Morgan fingerprint density at radius 1 is 0.955 bits per heavy atom. The predicted molar refractivity (Wildman–Crippen MR) is 80.2 cm³/mol. The van der Waals surface area contributed by atoms with E-state index in [-0.39, 0.29) is 17.6 Å². The van der Waals surface area contributed by atoms with Crippen LogP contribution in [0, 0.1) is 11.3 Å². The van der Waals surface area contributed by atoms with Crippen molar-refractivity contribution in [2.45, 2.75) is 6.42 Å². The minimum Gasteiger partial charge on any atom is -0.293 e. The summed E-state index contributed by atoms with van der Waals surface area (Å²) in [4.78, 5) is 39.1. The van der Waals surface area contributed by atoms with Gasteiger partial charge in [0.05, 0.1) is 11.6 Å². The number of hydrogen-bond donors (Lipinski definition) is 0. The number of ketones is 1. The lowest BCUT2D eigenvalue weighted by Gasteiger charge is -2.18. The molecule has 1 aliphatic heterocycles. The maximum absolute atomic E-state index is 12.8. The summed E-state index contributed by atoms with van der Waals surface area (Å²) in [5.41, 5.74) is -0.153. The molecule has 22 heavy (non-hydrogen) atoms. The van der Waals surface area contributed by atoms with Crippen molar-refractivity contribution in [2.24, 2.45) is 11.3 Å². The Hall–Kier alpha value is -2.75. The molecule has 2 fully saturated rings. The maximum Gasteiger partial charge on any atom is 0.248 e. The molecule has 2 aromatic rings. The first-order chi connectivity index (χ1) is 10.7. The zero-order chi connectivity index (χ0) is 15.3. The third-order valence-corrected chi connectivity index (χ3v) is 4.52. The van der Waals surface area contributed by atoms with E-state index in [0.717, 1.165) is 4.90 Å². The first-order valence-corrected chi connectivity index (χ1v) is 7.19. The molecule has 0 radical (unpaired) electrons. The van der Waals surface area contributed by atoms with Gasteiger partial charge in [-0.1, -0.05) is 48.5 Å². The molecule has 1 aliphatic carbocycles. The smallest absolute Gasteiger partial charge is 0.248 e. The monoisotopic (exact) mass is 291 g/mol. The normalized spacial score (nSPS) is 26.0. The summed E-state index contributed by atoms with van der Waals surface area (Å²) in [5, 5.41) is 0. The van der Waals surface area contributed by atoms with Crippen molar-refractivity contribution in [1.29, 1.82) is 0 Å². The average Bonchev–Trinajstić information content (AvgIpc) is 3.28. The molecule has 0 aromatic heterocycles. The minimum absolute atomic E-state index is 0.241. The zero-order valence-corrected chi connectivity index (χ0v) is 11.7. The van der Waals surface area contributed by atoms with Crippen LogP contribution >= 0.6 is 0 Å². The van der Waals surface area contributed by atoms with Gasteiger partial charge in [0.2, 0.25) is 11.8 Å². The van der Waals surface area contributed by atoms with Crippen LogP contribution in [0.2, 0.25) is 0 Å². The molecular formula is C18H13NO3. The summed E-state index contributed by atoms with van der Waals surface area (Å²) in [6.45, 7) is 0. The number of carbonyl (C=O) groups is 3. The van der Waals surface area contributed by atoms with E-state index in [4.69, 9.17) is 0 Å². The molecule has 108 valence electrons. The van der Waals surface area contributed by atoms with Gasteiger partial charge in [0.15, 0.2) is 5.78 Å². The highest BCUT2D eigenvalue weighted by atomic mass is 16.2. The van der Waals surface area contributed by atoms with Gasteiger partial charge < -0.3 is 0 Å². The Morgan fingerprint density at radius 3 is 2.18 bits per heavy atom. The lowest BCUT2D eigenvalue weighted by Crippen LogP contribution is -2.37. The van der Waals surface area contributed by atoms with Gasteiger partial charge in [0.1, 0.15) is 5.41 Å². The minimum atomic E-state index is -1.17. The number of amides is 2. The molecule has 4 nitrogen and oxygen atoms in total. The molecule has 1 saturated carbocycles. The largest absolute Gasteiger partial charge is 0.293 e. The van der Waals surface area contributed by atoms with E-state index in [1.807, 2.05) is 12.1 Å². The number of fused-ring (bicyclic) bond motifs is 1. The maximum atomic E-state index is 12.8. The summed E-state index contributed by atoms with van der Waals surface area (Å²) in [6.07, 6.45) is 0.335. The molecule has 2 amide bonds. The second kappa shape index (κ2) is 4.37. The third kappa shape index (κ3) is 1.55. The van der Waals surface area contributed by atoms with Crippen molar-refractivity contribution in [2.75, 3.05) is 4.90 Å². The van der Waals surface area contributed by atoms with E-state index < -0.39 is 11.3 Å². The topological polar surface area (TPSA) is 54.5 Å². The molecule has 1 heterocycles. The number of nitrogens with zero attached hydrogens (tertiary/aromatic N) is 1. The highest BCUT2D eigenvalue weighted by molar-refractivity contribution is 6.36. The van der Waals surface area contributed by atoms with Gasteiger partial charge in [-0.2, -0.15) is 0 Å². The highest BCUT2D eigenvalue weighted by Gasteiger charge is 2.75. The lowest BCUT2D eigenvalue weighted by molar-refractivity contribution is -0.124. The van der Waals surface area contributed by atoms with Gasteiger partial charge in [-0.15, -0.1) is 0 Å². The average molecular weight is 291 g/mol. The molecule has 0 spiro atoms. The van der Waals surface area contributed by atoms with Gasteiger partial charge in [0.25, 0.3) is 0 Å². The Morgan fingerprint density at radius 2 is 1.55 bits per heavy atom. The second-order valence-electron chi connectivity index (χ2n) is 5.74. The van der Waals surface area contributed by atoms with Gasteiger partial charge in [-0.25, -0.2) is 4.90 Å². The van der Waals surface area contributed by atoms with Crippen LogP contribution in [0.5, 0.6) is 0 Å². The molecule has 1 saturated heterocycles. The van der Waals surface area contributed by atoms with Crippen LogP contribution in [-0.2, 0) is 9.59 Å². The summed E-state index contributed by atoms with van der Waals surface area (Å²) >= 11 is 0. The summed E-state index contributed by atoms with van der Waals surface area (Å²) in [5.74, 6) is -1.40. The van der Waals surface area contributed by atoms with Crippen molar-refractivity contribution < 1.29 is 14.4 Å². The van der Waals surface area contributed by atoms with Crippen LogP contribution in [0.3, 0.4) is 0 Å². The number of imide groups is 1. The molecule has 2 aromatic carbocycles. The van der Waals surface area contributed by atoms with Crippen molar-refractivity contribution >= 4 is 23.3 Å². The van der Waals surface area contributed by atoms with Crippen molar-refractivity contribution in [3.63, 3.8) is 0 Å². The van der Waals surface area contributed by atoms with Gasteiger partial charge in [-0.05, 0) is 18.6 Å². The van der Waals surface area contributed by atoms with E-state index in [1.165, 1.54) is 0 Å². The second-order valence-corrected chi connectivity index (χ2v) is 5.74. The summed E-state index contributed by atoms with van der Waals surface area (Å²) in [6, 6.07) is 17.5. The van der Waals surface area contributed by atoms with E-state index in [9.17, 15) is 14.4 Å². The molecule has 0 bridgehead atoms. The molecule has 2 unspecified atom stereocenters. The Kier molecular flexibility index (Phi) is 2.57. The Labute approximate surface area is 127 Å². The fourth-order valence-electron chi connectivity index (χ4n) is 3.27. The van der Waals surface area contributed by atoms with Crippen LogP contribution in [0.4, 0.5) is 5.69 Å². The van der Waals surface area contributed by atoms with E-state index in [0.29, 0.717) is 17.7 Å². The SMILES string of the molecule is O=C1C2CC2(C(=O)c2ccccc2)C(=O)N1c1ccccc1. The highest BCUT2D eigenvalue weighted by Crippen LogP contribution is 2.61. The number of hydrogen-bond acceptors (Lipinski definition) is 3.